The van der Waals surface area contributed by atoms with Crippen LogP contribution in [0.3, 0.4) is 0 Å². The third-order valence-electron chi connectivity index (χ3n) is 4.48. The summed E-state index contributed by atoms with van der Waals surface area (Å²) in [5.41, 5.74) is -0.943. The summed E-state index contributed by atoms with van der Waals surface area (Å²) < 4.78 is 26.5. The van der Waals surface area contributed by atoms with Crippen LogP contribution in [-0.2, 0) is 14.8 Å². The molecule has 0 aromatic carbocycles. The van der Waals surface area contributed by atoms with Crippen molar-refractivity contribution >= 4 is 15.8 Å². The van der Waals surface area contributed by atoms with E-state index in [1.807, 2.05) is 6.07 Å². The van der Waals surface area contributed by atoms with Crippen LogP contribution in [0.25, 0.3) is 0 Å². The summed E-state index contributed by atoms with van der Waals surface area (Å²) in [5.74, 6) is -0.167. The molecule has 1 spiro atoms. The van der Waals surface area contributed by atoms with Crippen molar-refractivity contribution in [1.29, 1.82) is 5.26 Å². The topological polar surface area (TPSA) is 91.1 Å². The number of hydrogen-bond donors (Lipinski definition) is 0. The maximum absolute atomic E-state index is 12.6. The van der Waals surface area contributed by atoms with E-state index in [1.165, 1.54) is 22.8 Å². The van der Waals surface area contributed by atoms with Gasteiger partial charge in [-0.3, -0.25) is 9.78 Å². The Labute approximate surface area is 135 Å². The van der Waals surface area contributed by atoms with Gasteiger partial charge in [-0.05, 0) is 18.6 Å². The Morgan fingerprint density at radius 2 is 2.04 bits per heavy atom. The van der Waals surface area contributed by atoms with Crippen LogP contribution in [0.5, 0.6) is 0 Å². The first-order valence-electron chi connectivity index (χ1n) is 7.28. The number of allylic oxidation sites excluding steroid dienone is 1. The number of nitrogens with zero attached hydrogens (tertiary/aromatic N) is 3. The van der Waals surface area contributed by atoms with Crippen LogP contribution in [-0.4, -0.2) is 36.6 Å². The summed E-state index contributed by atoms with van der Waals surface area (Å²) in [6, 6.07) is 5.05. The molecule has 0 N–H and O–H groups in total. The van der Waals surface area contributed by atoms with E-state index in [4.69, 9.17) is 0 Å². The molecule has 1 aromatic rings. The van der Waals surface area contributed by atoms with Gasteiger partial charge in [0.2, 0.25) is 10.0 Å². The van der Waals surface area contributed by atoms with Crippen LogP contribution in [0, 0.1) is 22.2 Å². The number of nitriles is 1. The van der Waals surface area contributed by atoms with Crippen LogP contribution in [0.1, 0.15) is 20.3 Å². The number of pyridine rings is 1. The summed E-state index contributed by atoms with van der Waals surface area (Å²) in [6.45, 7) is 4.18. The van der Waals surface area contributed by atoms with Crippen molar-refractivity contribution in [2.75, 3.05) is 13.1 Å². The number of aromatic nitrogens is 1. The number of Topliss-reactive ketones (excluding diaryl/α,β-unsaturated/α-hetero) is 1. The van der Waals surface area contributed by atoms with Gasteiger partial charge >= 0.3 is 0 Å². The van der Waals surface area contributed by atoms with Gasteiger partial charge in [0, 0.05) is 36.3 Å². The normalized spacial score (nSPS) is 23.0. The number of carbonyl (C=O) groups excluding carboxylic acids is 1. The molecule has 0 saturated carbocycles. The molecule has 0 bridgehead atoms. The van der Waals surface area contributed by atoms with Crippen molar-refractivity contribution in [3.8, 4) is 6.07 Å². The highest BCUT2D eigenvalue weighted by Gasteiger charge is 2.54. The molecule has 23 heavy (non-hydrogen) atoms. The number of ketones is 1. The highest BCUT2D eigenvalue weighted by atomic mass is 32.2. The second-order valence-corrected chi connectivity index (χ2v) is 8.82. The lowest BCUT2D eigenvalue weighted by Gasteiger charge is -2.52. The van der Waals surface area contributed by atoms with E-state index in [0.29, 0.717) is 6.42 Å². The predicted molar refractivity (Wildman–Crippen MR) is 82.5 cm³/mol. The zero-order chi connectivity index (χ0) is 16.9. The Balaban J connectivity index is 1.88. The highest BCUT2D eigenvalue weighted by Crippen LogP contribution is 2.49. The minimum absolute atomic E-state index is 0.139. The van der Waals surface area contributed by atoms with E-state index >= 15 is 0 Å². The Hall–Kier alpha value is -2.04. The van der Waals surface area contributed by atoms with E-state index in [2.05, 4.69) is 4.98 Å². The first-order valence-corrected chi connectivity index (χ1v) is 8.72. The van der Waals surface area contributed by atoms with Crippen LogP contribution in [0.15, 0.2) is 41.1 Å². The molecule has 1 aliphatic heterocycles. The molecule has 6 nitrogen and oxygen atoms in total. The van der Waals surface area contributed by atoms with E-state index < -0.39 is 20.9 Å². The number of hydrogen-bond acceptors (Lipinski definition) is 5. The Morgan fingerprint density at radius 1 is 1.35 bits per heavy atom. The van der Waals surface area contributed by atoms with Crippen molar-refractivity contribution in [3.63, 3.8) is 0 Å². The highest BCUT2D eigenvalue weighted by molar-refractivity contribution is 7.89. The van der Waals surface area contributed by atoms with Gasteiger partial charge in [-0.15, -0.1) is 0 Å². The summed E-state index contributed by atoms with van der Waals surface area (Å²) in [7, 11) is -3.58. The van der Waals surface area contributed by atoms with E-state index in [1.54, 1.807) is 26.0 Å². The smallest absolute Gasteiger partial charge is 0.244 e. The van der Waals surface area contributed by atoms with E-state index in [9.17, 15) is 18.5 Å². The van der Waals surface area contributed by atoms with Gasteiger partial charge in [-0.25, -0.2) is 8.42 Å². The van der Waals surface area contributed by atoms with Crippen LogP contribution >= 0.6 is 0 Å². The average molecular weight is 331 g/mol. The fourth-order valence-corrected chi connectivity index (χ4v) is 5.11. The number of carbonyl (C=O) groups is 1. The molecule has 3 rings (SSSR count). The van der Waals surface area contributed by atoms with Gasteiger partial charge in [-0.2, -0.15) is 9.57 Å². The molecule has 1 fully saturated rings. The lowest BCUT2D eigenvalue weighted by Crippen LogP contribution is -2.60. The monoisotopic (exact) mass is 331 g/mol. The van der Waals surface area contributed by atoms with Crippen LogP contribution in [0.4, 0.5) is 0 Å². The third-order valence-corrected chi connectivity index (χ3v) is 6.25. The van der Waals surface area contributed by atoms with E-state index in [0.717, 1.165) is 0 Å². The first kappa shape index (κ1) is 15.8. The van der Waals surface area contributed by atoms with Crippen LogP contribution in [0.2, 0.25) is 0 Å². The van der Waals surface area contributed by atoms with Gasteiger partial charge in [0.25, 0.3) is 0 Å². The van der Waals surface area contributed by atoms with Gasteiger partial charge < -0.3 is 0 Å². The molecule has 0 atom stereocenters. The molecular weight excluding hydrogens is 314 g/mol. The van der Waals surface area contributed by atoms with Crippen molar-refractivity contribution in [3.05, 3.63) is 36.2 Å². The Kier molecular flexibility index (Phi) is 3.43. The second kappa shape index (κ2) is 4.98. The van der Waals surface area contributed by atoms with Gasteiger partial charge in [0.1, 0.15) is 11.0 Å². The Bertz CT molecular complexity index is 829. The summed E-state index contributed by atoms with van der Waals surface area (Å²) >= 11 is 0. The molecule has 7 heteroatoms. The molecule has 0 amide bonds. The fourth-order valence-electron chi connectivity index (χ4n) is 3.51. The maximum atomic E-state index is 12.6. The quantitative estimate of drug-likeness (QED) is 0.819. The molecule has 0 unspecified atom stereocenters. The molecule has 2 aliphatic rings. The first-order chi connectivity index (χ1) is 10.7. The molecule has 120 valence electrons. The van der Waals surface area contributed by atoms with Crippen molar-refractivity contribution in [2.45, 2.75) is 25.2 Å². The Morgan fingerprint density at radius 3 is 2.61 bits per heavy atom. The summed E-state index contributed by atoms with van der Waals surface area (Å²) in [4.78, 5) is 16.2. The van der Waals surface area contributed by atoms with Gasteiger partial charge in [0.15, 0.2) is 5.78 Å². The standard InChI is InChI=1S/C16H17N3O3S/c1-15(2)9-16(6-12(7-17)14(15)20)10-19(11-16)23(21,22)13-4-3-5-18-8-13/h3-6,8H,9-11H2,1-2H3. The molecular formula is C16H17N3O3S. The second-order valence-electron chi connectivity index (χ2n) is 6.88. The fraction of sp³-hybridized carbons (Fsp3) is 0.438. The third kappa shape index (κ3) is 2.48. The minimum Gasteiger partial charge on any atom is -0.293 e. The largest absolute Gasteiger partial charge is 0.293 e. The van der Waals surface area contributed by atoms with Gasteiger partial charge in [-0.1, -0.05) is 19.9 Å². The molecule has 0 radical (unpaired) electrons. The molecule has 2 heterocycles. The van der Waals surface area contributed by atoms with Crippen molar-refractivity contribution in [2.24, 2.45) is 10.8 Å². The average Bonchev–Trinajstić information content (AvgIpc) is 2.48. The molecule has 1 saturated heterocycles. The minimum atomic E-state index is -3.58. The molecule has 1 aliphatic carbocycles. The van der Waals surface area contributed by atoms with Crippen molar-refractivity contribution in [1.82, 2.24) is 9.29 Å². The van der Waals surface area contributed by atoms with Crippen molar-refractivity contribution < 1.29 is 13.2 Å². The number of rotatable bonds is 2. The van der Waals surface area contributed by atoms with E-state index in [-0.39, 0.29) is 29.3 Å². The SMILES string of the molecule is CC1(C)CC2(C=C(C#N)C1=O)CN(S(=O)(=O)c1cccnc1)C2. The lowest BCUT2D eigenvalue weighted by atomic mass is 9.62. The summed E-state index contributed by atoms with van der Waals surface area (Å²) in [6.07, 6.45) is 5.05. The predicted octanol–water partition coefficient (Wildman–Crippen LogP) is 1.52. The number of sulfonamides is 1. The van der Waals surface area contributed by atoms with Gasteiger partial charge in [0.05, 0.1) is 5.57 Å². The molecule has 1 aromatic heterocycles. The zero-order valence-electron chi connectivity index (χ0n) is 13.0. The summed E-state index contributed by atoms with van der Waals surface area (Å²) in [5, 5.41) is 9.17. The maximum Gasteiger partial charge on any atom is 0.244 e. The van der Waals surface area contributed by atoms with Crippen LogP contribution < -0.4 is 0 Å². The zero-order valence-corrected chi connectivity index (χ0v) is 13.8. The lowest BCUT2D eigenvalue weighted by molar-refractivity contribution is -0.126.